The largest absolute Gasteiger partial charge is 0.480 e. The van der Waals surface area contributed by atoms with Crippen molar-refractivity contribution >= 4 is 17.4 Å². The number of nitrogens with zero attached hydrogens (tertiary/aromatic N) is 2. The highest BCUT2D eigenvalue weighted by Crippen LogP contribution is 2.36. The van der Waals surface area contributed by atoms with E-state index < -0.39 is 12.0 Å². The van der Waals surface area contributed by atoms with Crippen molar-refractivity contribution in [1.29, 1.82) is 0 Å². The fraction of sp³-hybridized carbons (Fsp3) is 0.481. The first kappa shape index (κ1) is 22.7. The number of aliphatic carboxylic acids is 1. The Kier molecular flexibility index (Phi) is 6.72. The minimum atomic E-state index is -0.941. The number of carboxylic acids is 1. The molecule has 2 aliphatic heterocycles. The summed E-state index contributed by atoms with van der Waals surface area (Å²) in [7, 11) is 0. The van der Waals surface area contributed by atoms with Crippen molar-refractivity contribution in [3.8, 4) is 11.5 Å². The Morgan fingerprint density at radius 3 is 2.32 bits per heavy atom. The monoisotopic (exact) mass is 464 g/mol. The van der Waals surface area contributed by atoms with Crippen LogP contribution in [0.25, 0.3) is 0 Å². The minimum Gasteiger partial charge on any atom is -0.480 e. The van der Waals surface area contributed by atoms with E-state index in [1.807, 2.05) is 35.2 Å². The molecule has 0 aromatic heterocycles. The van der Waals surface area contributed by atoms with Crippen LogP contribution in [0.4, 0.5) is 5.69 Å². The molecule has 7 heteroatoms. The van der Waals surface area contributed by atoms with Crippen LogP contribution in [0.3, 0.4) is 0 Å². The number of ketones is 1. The van der Waals surface area contributed by atoms with Gasteiger partial charge in [-0.2, -0.15) is 0 Å². The second kappa shape index (κ2) is 10.1. The lowest BCUT2D eigenvalue weighted by Crippen LogP contribution is -2.53. The Morgan fingerprint density at radius 2 is 1.62 bits per heavy atom. The number of hydrogen-bond acceptors (Lipinski definition) is 6. The standard InChI is InChI=1S/C27H32N2O5/c30-24(21-8-6-20(7-9-21)19-4-2-1-3-5-19)17-23(27(31)32)29-14-12-28(13-15-29)22-10-11-25-26(16-22)34-18-33-25/h6-11,16,19,23H,1-5,12-15,17-18H2,(H,31,32). The van der Waals surface area contributed by atoms with E-state index in [9.17, 15) is 14.7 Å². The molecule has 1 saturated heterocycles. The molecule has 7 nitrogen and oxygen atoms in total. The van der Waals surface area contributed by atoms with Gasteiger partial charge < -0.3 is 19.5 Å². The van der Waals surface area contributed by atoms with Crippen molar-refractivity contribution in [2.75, 3.05) is 37.9 Å². The fourth-order valence-electron chi connectivity index (χ4n) is 5.42. The van der Waals surface area contributed by atoms with E-state index in [4.69, 9.17) is 9.47 Å². The topological polar surface area (TPSA) is 79.3 Å². The molecule has 1 unspecified atom stereocenters. The summed E-state index contributed by atoms with van der Waals surface area (Å²) in [6, 6.07) is 12.9. The van der Waals surface area contributed by atoms with Crippen LogP contribution >= 0.6 is 0 Å². The highest BCUT2D eigenvalue weighted by molar-refractivity contribution is 5.98. The van der Waals surface area contributed by atoms with Crippen molar-refractivity contribution in [2.45, 2.75) is 50.5 Å². The van der Waals surface area contributed by atoms with Crippen LogP contribution in [-0.4, -0.2) is 60.8 Å². The number of carbonyl (C=O) groups excluding carboxylic acids is 1. The first-order chi connectivity index (χ1) is 16.6. The molecule has 0 bridgehead atoms. The summed E-state index contributed by atoms with van der Waals surface area (Å²) in [5.74, 6) is 1.03. The molecule has 2 aromatic rings. The van der Waals surface area contributed by atoms with Crippen LogP contribution in [0.15, 0.2) is 42.5 Å². The lowest BCUT2D eigenvalue weighted by molar-refractivity contribution is -0.143. The van der Waals surface area contributed by atoms with Gasteiger partial charge in [0.1, 0.15) is 6.04 Å². The smallest absolute Gasteiger partial charge is 0.321 e. The predicted octanol–water partition coefficient (Wildman–Crippen LogP) is 4.31. The van der Waals surface area contributed by atoms with Gasteiger partial charge in [0.25, 0.3) is 0 Å². The number of benzene rings is 2. The van der Waals surface area contributed by atoms with Gasteiger partial charge in [-0.25, -0.2) is 0 Å². The molecule has 2 heterocycles. The fourth-order valence-corrected chi connectivity index (χ4v) is 5.42. The summed E-state index contributed by atoms with van der Waals surface area (Å²) in [4.78, 5) is 29.2. The van der Waals surface area contributed by atoms with Gasteiger partial charge in [-0.05, 0) is 36.5 Å². The summed E-state index contributed by atoms with van der Waals surface area (Å²) < 4.78 is 10.9. The minimum absolute atomic E-state index is 0.0118. The molecule has 34 heavy (non-hydrogen) atoms. The molecule has 1 atom stereocenters. The van der Waals surface area contributed by atoms with Crippen LogP contribution in [0.5, 0.6) is 11.5 Å². The third kappa shape index (κ3) is 4.89. The van der Waals surface area contributed by atoms with Crippen LogP contribution in [0.1, 0.15) is 60.4 Å². The summed E-state index contributed by atoms with van der Waals surface area (Å²) in [5, 5.41) is 9.89. The van der Waals surface area contributed by atoms with Crippen molar-refractivity contribution in [3.63, 3.8) is 0 Å². The molecule has 180 valence electrons. The Balaban J connectivity index is 1.19. The molecule has 1 saturated carbocycles. The molecule has 1 N–H and O–H groups in total. The molecule has 0 radical (unpaired) electrons. The Morgan fingerprint density at radius 1 is 0.912 bits per heavy atom. The number of Topliss-reactive ketones (excluding diaryl/α,β-unsaturated/α-hetero) is 1. The Labute approximate surface area is 200 Å². The lowest BCUT2D eigenvalue weighted by atomic mass is 9.84. The van der Waals surface area contributed by atoms with Crippen molar-refractivity contribution in [1.82, 2.24) is 4.90 Å². The van der Waals surface area contributed by atoms with Crippen molar-refractivity contribution in [3.05, 3.63) is 53.6 Å². The van der Waals surface area contributed by atoms with E-state index in [1.54, 1.807) is 0 Å². The lowest BCUT2D eigenvalue weighted by Gasteiger charge is -2.38. The van der Waals surface area contributed by atoms with Gasteiger partial charge in [-0.15, -0.1) is 0 Å². The molecular formula is C27H32N2O5. The zero-order chi connectivity index (χ0) is 23.5. The summed E-state index contributed by atoms with van der Waals surface area (Å²) in [5.41, 5.74) is 2.93. The molecule has 2 aromatic carbocycles. The third-order valence-electron chi connectivity index (χ3n) is 7.45. The molecule has 0 spiro atoms. The number of carboxylic acid groups (broad SMARTS) is 1. The van der Waals surface area contributed by atoms with Gasteiger partial charge in [0.15, 0.2) is 17.3 Å². The quantitative estimate of drug-likeness (QED) is 0.612. The maximum absolute atomic E-state index is 13.0. The van der Waals surface area contributed by atoms with Crippen LogP contribution in [0, 0.1) is 0 Å². The molecule has 3 aliphatic rings. The molecule has 0 amide bonds. The second-order valence-electron chi connectivity index (χ2n) is 9.50. The molecule has 1 aliphatic carbocycles. The van der Waals surface area contributed by atoms with Crippen molar-refractivity contribution in [2.24, 2.45) is 0 Å². The zero-order valence-electron chi connectivity index (χ0n) is 19.4. The third-order valence-corrected chi connectivity index (χ3v) is 7.45. The number of hydrogen-bond donors (Lipinski definition) is 1. The van der Waals surface area contributed by atoms with E-state index in [0.29, 0.717) is 37.7 Å². The highest BCUT2D eigenvalue weighted by atomic mass is 16.7. The highest BCUT2D eigenvalue weighted by Gasteiger charge is 2.31. The SMILES string of the molecule is O=C(CC(C(=O)O)N1CCN(c2ccc3c(c2)OCO3)CC1)c1ccc(C2CCCCC2)cc1. The summed E-state index contributed by atoms with van der Waals surface area (Å²) >= 11 is 0. The molecule has 2 fully saturated rings. The maximum Gasteiger partial charge on any atom is 0.321 e. The summed E-state index contributed by atoms with van der Waals surface area (Å²) in [6.07, 6.45) is 6.27. The molecular weight excluding hydrogens is 432 g/mol. The van der Waals surface area contributed by atoms with Gasteiger partial charge in [-0.3, -0.25) is 14.5 Å². The first-order valence-electron chi connectivity index (χ1n) is 12.3. The summed E-state index contributed by atoms with van der Waals surface area (Å²) in [6.45, 7) is 2.78. The first-order valence-corrected chi connectivity index (χ1v) is 12.3. The van der Waals surface area contributed by atoms with E-state index in [-0.39, 0.29) is 19.0 Å². The van der Waals surface area contributed by atoms with Crippen LogP contribution in [-0.2, 0) is 4.79 Å². The van der Waals surface area contributed by atoms with Gasteiger partial charge in [0, 0.05) is 49.9 Å². The normalized spacial score (nSPS) is 19.7. The van der Waals surface area contributed by atoms with E-state index in [0.717, 1.165) is 17.2 Å². The van der Waals surface area contributed by atoms with Gasteiger partial charge in [0.05, 0.1) is 0 Å². The van der Waals surface area contributed by atoms with Crippen molar-refractivity contribution < 1.29 is 24.2 Å². The van der Waals surface area contributed by atoms with Gasteiger partial charge in [-0.1, -0.05) is 43.5 Å². The maximum atomic E-state index is 13.0. The van der Waals surface area contributed by atoms with E-state index in [2.05, 4.69) is 17.0 Å². The van der Waals surface area contributed by atoms with E-state index >= 15 is 0 Å². The second-order valence-corrected chi connectivity index (χ2v) is 9.50. The average molecular weight is 465 g/mol. The zero-order valence-corrected chi connectivity index (χ0v) is 19.4. The van der Waals surface area contributed by atoms with Gasteiger partial charge >= 0.3 is 5.97 Å². The number of fused-ring (bicyclic) bond motifs is 1. The predicted molar refractivity (Wildman–Crippen MR) is 129 cm³/mol. The van der Waals surface area contributed by atoms with Crippen LogP contribution in [0.2, 0.25) is 0 Å². The van der Waals surface area contributed by atoms with Gasteiger partial charge in [0.2, 0.25) is 6.79 Å². The number of carbonyl (C=O) groups is 2. The Hall–Kier alpha value is -3.06. The number of ether oxygens (including phenoxy) is 2. The number of anilines is 1. The average Bonchev–Trinajstić information content (AvgIpc) is 3.36. The number of rotatable bonds is 7. The number of piperazine rings is 1. The Bertz CT molecular complexity index is 1020. The molecule has 5 rings (SSSR count). The van der Waals surface area contributed by atoms with Crippen LogP contribution < -0.4 is 14.4 Å². The van der Waals surface area contributed by atoms with E-state index in [1.165, 1.54) is 37.7 Å².